The molecule has 20 heavy (non-hydrogen) atoms. The van der Waals surface area contributed by atoms with Gasteiger partial charge in [0.2, 0.25) is 5.91 Å². The number of carbonyl (C=O) groups is 1. The average molecular weight is 333 g/mol. The zero-order valence-corrected chi connectivity index (χ0v) is 12.9. The van der Waals surface area contributed by atoms with Gasteiger partial charge in [0.1, 0.15) is 0 Å². The summed E-state index contributed by atoms with van der Waals surface area (Å²) in [5.41, 5.74) is 3.18. The highest BCUT2D eigenvalue weighted by Gasteiger charge is 2.02. The maximum absolute atomic E-state index is 11.8. The Labute approximate surface area is 127 Å². The maximum Gasteiger partial charge on any atom is 0.239 e. The molecule has 0 aliphatic rings. The smallest absolute Gasteiger partial charge is 0.239 e. The molecule has 0 bridgehead atoms. The van der Waals surface area contributed by atoms with Crippen molar-refractivity contribution in [1.29, 1.82) is 0 Å². The topological polar surface area (TPSA) is 41.1 Å². The van der Waals surface area contributed by atoms with E-state index in [1.807, 2.05) is 55.5 Å². The number of carbonyl (C=O) groups excluding carboxylic acids is 1. The molecule has 0 saturated heterocycles. The number of benzene rings is 2. The third-order valence-electron chi connectivity index (χ3n) is 2.94. The number of halogens is 1. The zero-order valence-electron chi connectivity index (χ0n) is 11.3. The van der Waals surface area contributed by atoms with Gasteiger partial charge in [0.15, 0.2) is 0 Å². The molecule has 2 aromatic carbocycles. The number of amides is 1. The Morgan fingerprint density at radius 3 is 2.60 bits per heavy atom. The Hall–Kier alpha value is -1.81. The molecule has 104 valence electrons. The van der Waals surface area contributed by atoms with Crippen LogP contribution in [0.5, 0.6) is 0 Å². The summed E-state index contributed by atoms with van der Waals surface area (Å²) < 4.78 is 1.07. The molecule has 2 N–H and O–H groups in total. The summed E-state index contributed by atoms with van der Waals surface area (Å²) in [5, 5.41) is 6.00. The third kappa shape index (κ3) is 4.38. The summed E-state index contributed by atoms with van der Waals surface area (Å²) in [6.45, 7) is 2.85. The van der Waals surface area contributed by atoms with Gasteiger partial charge in [-0.1, -0.05) is 46.3 Å². The second-order valence-corrected chi connectivity index (χ2v) is 5.43. The van der Waals surface area contributed by atoms with Crippen molar-refractivity contribution in [3.63, 3.8) is 0 Å². The van der Waals surface area contributed by atoms with Crippen LogP contribution in [0.2, 0.25) is 0 Å². The molecule has 2 aromatic rings. The first kappa shape index (κ1) is 14.6. The Bertz CT molecular complexity index is 584. The lowest BCUT2D eigenvalue weighted by Gasteiger charge is -2.09. The van der Waals surface area contributed by atoms with Crippen LogP contribution in [0.4, 0.5) is 5.69 Å². The van der Waals surface area contributed by atoms with Crippen LogP contribution in [0.15, 0.2) is 53.0 Å². The van der Waals surface area contributed by atoms with E-state index in [4.69, 9.17) is 0 Å². The van der Waals surface area contributed by atoms with Crippen LogP contribution in [0.1, 0.15) is 11.1 Å². The molecule has 0 saturated carbocycles. The standard InChI is InChI=1S/C16H17BrN2O/c1-12-9-14(7-8-15(12)17)18-11-16(20)19-10-13-5-3-2-4-6-13/h2-9,18H,10-11H2,1H3,(H,19,20). The van der Waals surface area contributed by atoms with E-state index in [0.717, 1.165) is 21.3 Å². The normalized spacial score (nSPS) is 10.1. The van der Waals surface area contributed by atoms with Crippen molar-refractivity contribution in [2.75, 3.05) is 11.9 Å². The van der Waals surface area contributed by atoms with Crippen molar-refractivity contribution >= 4 is 27.5 Å². The molecular formula is C16H17BrN2O. The Morgan fingerprint density at radius 1 is 1.15 bits per heavy atom. The zero-order chi connectivity index (χ0) is 14.4. The van der Waals surface area contributed by atoms with Crippen LogP contribution in [0, 0.1) is 6.92 Å². The summed E-state index contributed by atoms with van der Waals surface area (Å²) in [5.74, 6) is -0.0191. The van der Waals surface area contributed by atoms with E-state index in [1.165, 1.54) is 0 Å². The lowest BCUT2D eigenvalue weighted by Crippen LogP contribution is -2.29. The molecule has 1 amide bonds. The van der Waals surface area contributed by atoms with Crippen molar-refractivity contribution < 1.29 is 4.79 Å². The average Bonchev–Trinajstić information content (AvgIpc) is 2.47. The molecule has 0 aliphatic heterocycles. The van der Waals surface area contributed by atoms with Gasteiger partial charge in [0.25, 0.3) is 0 Å². The number of hydrogen-bond donors (Lipinski definition) is 2. The van der Waals surface area contributed by atoms with E-state index < -0.39 is 0 Å². The summed E-state index contributed by atoms with van der Waals surface area (Å²) in [4.78, 5) is 11.8. The summed E-state index contributed by atoms with van der Waals surface area (Å²) in [6, 6.07) is 15.8. The van der Waals surface area contributed by atoms with Gasteiger partial charge >= 0.3 is 0 Å². The predicted octanol–water partition coefficient (Wildman–Crippen LogP) is 3.49. The van der Waals surface area contributed by atoms with Gasteiger partial charge in [-0.15, -0.1) is 0 Å². The van der Waals surface area contributed by atoms with Gasteiger partial charge in [-0.05, 0) is 36.2 Å². The molecule has 0 fully saturated rings. The van der Waals surface area contributed by atoms with Crippen LogP contribution in [0.3, 0.4) is 0 Å². The highest BCUT2D eigenvalue weighted by molar-refractivity contribution is 9.10. The van der Waals surface area contributed by atoms with Crippen LogP contribution in [-0.2, 0) is 11.3 Å². The van der Waals surface area contributed by atoms with E-state index in [9.17, 15) is 4.79 Å². The van der Waals surface area contributed by atoms with Crippen LogP contribution in [-0.4, -0.2) is 12.5 Å². The van der Waals surface area contributed by atoms with Gasteiger partial charge in [0.05, 0.1) is 6.54 Å². The minimum atomic E-state index is -0.0191. The monoisotopic (exact) mass is 332 g/mol. The van der Waals surface area contributed by atoms with Crippen molar-refractivity contribution in [3.05, 3.63) is 64.1 Å². The molecule has 4 heteroatoms. The van der Waals surface area contributed by atoms with Crippen molar-refractivity contribution in [2.45, 2.75) is 13.5 Å². The van der Waals surface area contributed by atoms with E-state index >= 15 is 0 Å². The van der Waals surface area contributed by atoms with Crippen LogP contribution >= 0.6 is 15.9 Å². The van der Waals surface area contributed by atoms with Crippen LogP contribution < -0.4 is 10.6 Å². The molecule has 3 nitrogen and oxygen atoms in total. The SMILES string of the molecule is Cc1cc(NCC(=O)NCc2ccccc2)ccc1Br. The number of anilines is 1. The fraction of sp³-hybridized carbons (Fsp3) is 0.188. The number of aryl methyl sites for hydroxylation is 1. The molecule has 0 aliphatic carbocycles. The lowest BCUT2D eigenvalue weighted by atomic mass is 10.2. The van der Waals surface area contributed by atoms with E-state index in [1.54, 1.807) is 0 Å². The molecule has 0 atom stereocenters. The van der Waals surface area contributed by atoms with Crippen molar-refractivity contribution in [2.24, 2.45) is 0 Å². The molecule has 0 spiro atoms. The number of hydrogen-bond acceptors (Lipinski definition) is 2. The molecule has 0 heterocycles. The first-order chi connectivity index (χ1) is 9.65. The summed E-state index contributed by atoms with van der Waals surface area (Å²) >= 11 is 3.45. The van der Waals surface area contributed by atoms with Crippen molar-refractivity contribution in [3.8, 4) is 0 Å². The number of rotatable bonds is 5. The molecule has 0 aromatic heterocycles. The number of nitrogens with one attached hydrogen (secondary N) is 2. The first-order valence-corrected chi connectivity index (χ1v) is 7.25. The minimum Gasteiger partial charge on any atom is -0.376 e. The third-order valence-corrected chi connectivity index (χ3v) is 3.83. The van der Waals surface area contributed by atoms with Gasteiger partial charge in [-0.2, -0.15) is 0 Å². The Kier molecular flexibility index (Phi) is 5.18. The Balaban J connectivity index is 1.79. The van der Waals surface area contributed by atoms with Gasteiger partial charge in [-0.25, -0.2) is 0 Å². The molecular weight excluding hydrogens is 316 g/mol. The highest BCUT2D eigenvalue weighted by Crippen LogP contribution is 2.19. The van der Waals surface area contributed by atoms with E-state index in [2.05, 4.69) is 26.6 Å². The quantitative estimate of drug-likeness (QED) is 0.879. The molecule has 2 rings (SSSR count). The molecule has 0 radical (unpaired) electrons. The molecule has 0 unspecified atom stereocenters. The highest BCUT2D eigenvalue weighted by atomic mass is 79.9. The second kappa shape index (κ2) is 7.10. The fourth-order valence-electron chi connectivity index (χ4n) is 1.80. The van der Waals surface area contributed by atoms with Crippen molar-refractivity contribution in [1.82, 2.24) is 5.32 Å². The Morgan fingerprint density at radius 2 is 1.90 bits per heavy atom. The summed E-state index contributed by atoms with van der Waals surface area (Å²) in [7, 11) is 0. The summed E-state index contributed by atoms with van der Waals surface area (Å²) in [6.07, 6.45) is 0. The van der Waals surface area contributed by atoms with Gasteiger partial charge in [-0.3, -0.25) is 4.79 Å². The minimum absolute atomic E-state index is 0.0191. The van der Waals surface area contributed by atoms with E-state index in [0.29, 0.717) is 6.54 Å². The van der Waals surface area contributed by atoms with E-state index in [-0.39, 0.29) is 12.5 Å². The fourth-order valence-corrected chi connectivity index (χ4v) is 2.04. The first-order valence-electron chi connectivity index (χ1n) is 6.46. The predicted molar refractivity (Wildman–Crippen MR) is 85.7 cm³/mol. The van der Waals surface area contributed by atoms with Gasteiger partial charge < -0.3 is 10.6 Å². The lowest BCUT2D eigenvalue weighted by molar-refractivity contribution is -0.119. The maximum atomic E-state index is 11.8. The van der Waals surface area contributed by atoms with Gasteiger partial charge in [0, 0.05) is 16.7 Å². The second-order valence-electron chi connectivity index (χ2n) is 4.58. The largest absolute Gasteiger partial charge is 0.376 e. The van der Waals surface area contributed by atoms with Crippen LogP contribution in [0.25, 0.3) is 0 Å².